The van der Waals surface area contributed by atoms with Crippen LogP contribution in [0.25, 0.3) is 0 Å². The highest BCUT2D eigenvalue weighted by molar-refractivity contribution is 7.96. The fraction of sp³-hybridized carbons (Fsp3) is 0.455. The van der Waals surface area contributed by atoms with Gasteiger partial charge in [0.2, 0.25) is 0 Å². The second-order valence-electron chi connectivity index (χ2n) is 3.27. The highest BCUT2D eigenvalue weighted by atomic mass is 32.2. The lowest BCUT2D eigenvalue weighted by Crippen LogP contribution is -2.12. The molecule has 0 saturated carbocycles. The van der Waals surface area contributed by atoms with Crippen LogP contribution in [0.4, 0.5) is 0 Å². The van der Waals surface area contributed by atoms with E-state index in [-0.39, 0.29) is 0 Å². The summed E-state index contributed by atoms with van der Waals surface area (Å²) in [6.07, 6.45) is 3.24. The molecule has 0 radical (unpaired) electrons. The molecule has 1 rings (SSSR count). The lowest BCUT2D eigenvalue weighted by Gasteiger charge is -2.12. The summed E-state index contributed by atoms with van der Waals surface area (Å²) in [6, 6.07) is 8.77. The second kappa shape index (κ2) is 5.30. The van der Waals surface area contributed by atoms with Crippen molar-refractivity contribution in [3.05, 3.63) is 35.4 Å². The lowest BCUT2D eigenvalue weighted by atomic mass is 10.1. The van der Waals surface area contributed by atoms with E-state index in [2.05, 4.69) is 48.8 Å². The van der Waals surface area contributed by atoms with Crippen molar-refractivity contribution in [2.75, 3.05) is 19.8 Å². The molecule has 1 aromatic rings. The minimum atomic E-state index is 1.12. The Bertz CT molecular complexity index is 243. The average Bonchev–Trinajstić information content (AvgIpc) is 2.16. The molecular weight excluding hydrogens is 178 g/mol. The fourth-order valence-electron chi connectivity index (χ4n) is 1.13. The number of benzene rings is 1. The maximum absolute atomic E-state index is 2.25. The van der Waals surface area contributed by atoms with E-state index in [4.69, 9.17) is 0 Å². The zero-order valence-corrected chi connectivity index (χ0v) is 9.40. The smallest absolute Gasteiger partial charge is 0.0127 e. The number of nitrogens with zero attached hydrogens (tertiary/aromatic N) is 1. The van der Waals surface area contributed by atoms with Gasteiger partial charge < -0.3 is 0 Å². The molecule has 0 aliphatic heterocycles. The van der Waals surface area contributed by atoms with E-state index in [1.54, 1.807) is 11.9 Å². The van der Waals surface area contributed by atoms with E-state index in [0.29, 0.717) is 0 Å². The van der Waals surface area contributed by atoms with Gasteiger partial charge in [0.05, 0.1) is 0 Å². The van der Waals surface area contributed by atoms with Gasteiger partial charge in [-0.05, 0) is 32.2 Å². The highest BCUT2D eigenvalue weighted by Crippen LogP contribution is 2.07. The molecule has 0 N–H and O–H groups in total. The Morgan fingerprint density at radius 1 is 1.23 bits per heavy atom. The minimum Gasteiger partial charge on any atom is -0.254 e. The van der Waals surface area contributed by atoms with Gasteiger partial charge in [0.25, 0.3) is 0 Å². The maximum atomic E-state index is 2.25. The van der Waals surface area contributed by atoms with Gasteiger partial charge in [-0.15, -0.1) is 0 Å². The fourth-order valence-corrected chi connectivity index (χ4v) is 1.41. The van der Waals surface area contributed by atoms with Crippen molar-refractivity contribution in [3.63, 3.8) is 0 Å². The summed E-state index contributed by atoms with van der Waals surface area (Å²) < 4.78 is 2.25. The zero-order chi connectivity index (χ0) is 9.68. The first kappa shape index (κ1) is 10.6. The van der Waals surface area contributed by atoms with Gasteiger partial charge in [-0.25, -0.2) is 0 Å². The molecule has 13 heavy (non-hydrogen) atoms. The third-order valence-electron chi connectivity index (χ3n) is 2.15. The summed E-state index contributed by atoms with van der Waals surface area (Å²) in [5.74, 6) is 0. The molecule has 0 atom stereocenters. The molecule has 0 saturated heterocycles. The number of aryl methyl sites for hydroxylation is 1. The number of rotatable bonds is 4. The van der Waals surface area contributed by atoms with Gasteiger partial charge in [-0.2, -0.15) is 0 Å². The van der Waals surface area contributed by atoms with Crippen molar-refractivity contribution in [2.24, 2.45) is 0 Å². The molecule has 0 bridgehead atoms. The average molecular weight is 195 g/mol. The molecule has 2 heteroatoms. The molecule has 1 nitrogen and oxygen atoms in total. The first-order valence-corrected chi connectivity index (χ1v) is 5.71. The van der Waals surface area contributed by atoms with Gasteiger partial charge in [-0.3, -0.25) is 4.31 Å². The van der Waals surface area contributed by atoms with E-state index in [0.717, 1.165) is 13.0 Å². The van der Waals surface area contributed by atoms with Crippen LogP contribution in [0.15, 0.2) is 24.3 Å². The molecule has 0 spiro atoms. The number of hydrogen-bond acceptors (Lipinski definition) is 2. The van der Waals surface area contributed by atoms with Crippen molar-refractivity contribution in [1.29, 1.82) is 0 Å². The Kier molecular flexibility index (Phi) is 4.33. The van der Waals surface area contributed by atoms with Crippen LogP contribution in [0.2, 0.25) is 0 Å². The summed E-state index contributed by atoms with van der Waals surface area (Å²) in [4.78, 5) is 0. The topological polar surface area (TPSA) is 3.24 Å². The molecular formula is C11H17NS. The van der Waals surface area contributed by atoms with Gasteiger partial charge in [0.15, 0.2) is 0 Å². The Labute approximate surface area is 85.3 Å². The third kappa shape index (κ3) is 3.83. The summed E-state index contributed by atoms with van der Waals surface area (Å²) >= 11 is 1.78. The van der Waals surface area contributed by atoms with Crippen LogP contribution in [0.1, 0.15) is 11.1 Å². The molecule has 72 valence electrons. The Balaban J connectivity index is 2.41. The van der Waals surface area contributed by atoms with E-state index >= 15 is 0 Å². The number of likely N-dealkylation sites (N-methyl/N-ethyl adjacent to an activating group) is 1. The van der Waals surface area contributed by atoms with E-state index in [1.807, 2.05) is 0 Å². The van der Waals surface area contributed by atoms with Gasteiger partial charge >= 0.3 is 0 Å². The molecule has 0 heterocycles. The van der Waals surface area contributed by atoms with Gasteiger partial charge in [0, 0.05) is 6.54 Å². The predicted octanol–water partition coefficient (Wildman–Crippen LogP) is 2.75. The molecule has 0 amide bonds. The summed E-state index contributed by atoms with van der Waals surface area (Å²) in [5.41, 5.74) is 2.76. The first-order chi connectivity index (χ1) is 6.22. The van der Waals surface area contributed by atoms with Crippen LogP contribution in [-0.4, -0.2) is 24.2 Å². The van der Waals surface area contributed by atoms with Crippen LogP contribution >= 0.6 is 11.9 Å². The summed E-state index contributed by atoms with van der Waals surface area (Å²) in [7, 11) is 2.12. The SMILES string of the molecule is CSN(C)CCc1ccc(C)cc1. The van der Waals surface area contributed by atoms with Crippen LogP contribution in [0.3, 0.4) is 0 Å². The van der Waals surface area contributed by atoms with Crippen molar-refractivity contribution in [1.82, 2.24) is 4.31 Å². The molecule has 0 unspecified atom stereocenters. The minimum absolute atomic E-state index is 1.12. The second-order valence-corrected chi connectivity index (χ2v) is 4.26. The largest absolute Gasteiger partial charge is 0.254 e. The zero-order valence-electron chi connectivity index (χ0n) is 8.58. The van der Waals surface area contributed by atoms with Crippen LogP contribution in [0.5, 0.6) is 0 Å². The molecule has 1 aromatic carbocycles. The highest BCUT2D eigenvalue weighted by Gasteiger charge is 1.96. The van der Waals surface area contributed by atoms with Crippen LogP contribution in [0, 0.1) is 6.92 Å². The van der Waals surface area contributed by atoms with Crippen LogP contribution in [-0.2, 0) is 6.42 Å². The molecule has 0 fully saturated rings. The monoisotopic (exact) mass is 195 g/mol. The summed E-state index contributed by atoms with van der Waals surface area (Å²) in [6.45, 7) is 3.24. The van der Waals surface area contributed by atoms with E-state index < -0.39 is 0 Å². The van der Waals surface area contributed by atoms with Crippen LogP contribution < -0.4 is 0 Å². The predicted molar refractivity (Wildman–Crippen MR) is 61.0 cm³/mol. The van der Waals surface area contributed by atoms with Crippen molar-refractivity contribution >= 4 is 11.9 Å². The Morgan fingerprint density at radius 2 is 1.85 bits per heavy atom. The Morgan fingerprint density at radius 3 is 2.38 bits per heavy atom. The first-order valence-electron chi connectivity index (χ1n) is 4.53. The van der Waals surface area contributed by atoms with E-state index in [1.165, 1.54) is 11.1 Å². The summed E-state index contributed by atoms with van der Waals surface area (Å²) in [5, 5.41) is 0. The normalized spacial score (nSPS) is 10.8. The van der Waals surface area contributed by atoms with Crippen molar-refractivity contribution in [2.45, 2.75) is 13.3 Å². The van der Waals surface area contributed by atoms with Crippen molar-refractivity contribution < 1.29 is 0 Å². The quantitative estimate of drug-likeness (QED) is 0.680. The third-order valence-corrected chi connectivity index (χ3v) is 2.95. The maximum Gasteiger partial charge on any atom is 0.0127 e. The lowest BCUT2D eigenvalue weighted by molar-refractivity contribution is 0.570. The van der Waals surface area contributed by atoms with E-state index in [9.17, 15) is 0 Å². The van der Waals surface area contributed by atoms with Gasteiger partial charge in [-0.1, -0.05) is 41.8 Å². The molecule has 0 aromatic heterocycles. The molecule has 0 aliphatic carbocycles. The molecule has 0 aliphatic rings. The van der Waals surface area contributed by atoms with Gasteiger partial charge in [0.1, 0.15) is 0 Å². The van der Waals surface area contributed by atoms with Crippen molar-refractivity contribution in [3.8, 4) is 0 Å². The standard InChI is InChI=1S/C11H17NS/c1-10-4-6-11(7-5-10)8-9-12(2)13-3/h4-7H,8-9H2,1-3H3. The Hall–Kier alpha value is -0.470. The number of hydrogen-bond donors (Lipinski definition) is 0.